The third-order valence-electron chi connectivity index (χ3n) is 2.77. The Morgan fingerprint density at radius 1 is 1.31 bits per heavy atom. The largest absolute Gasteiger partial charge is 0.472 e. The molecule has 0 spiro atoms. The van der Waals surface area contributed by atoms with Crippen molar-refractivity contribution in [3.8, 4) is 0 Å². The summed E-state index contributed by atoms with van der Waals surface area (Å²) in [6.45, 7) is 3.28. The van der Waals surface area contributed by atoms with Crippen molar-refractivity contribution in [1.82, 2.24) is 5.32 Å². The van der Waals surface area contributed by atoms with E-state index in [4.69, 9.17) is 4.42 Å². The third-order valence-corrected chi connectivity index (χ3v) is 3.47. The molecule has 0 fully saturated rings. The van der Waals surface area contributed by atoms with Gasteiger partial charge in [-0.2, -0.15) is 11.8 Å². The predicted molar refractivity (Wildman–Crippen MR) is 72.0 cm³/mol. The predicted octanol–water partition coefficient (Wildman–Crippen LogP) is 3.85. The Bertz CT molecular complexity index is 248. The van der Waals surface area contributed by atoms with Gasteiger partial charge in [0.05, 0.1) is 12.5 Å². The Hall–Kier alpha value is -0.410. The number of thioether (sulfide) groups is 1. The van der Waals surface area contributed by atoms with Gasteiger partial charge in [0.2, 0.25) is 0 Å². The van der Waals surface area contributed by atoms with Crippen LogP contribution < -0.4 is 5.32 Å². The van der Waals surface area contributed by atoms with Gasteiger partial charge in [0.15, 0.2) is 0 Å². The first-order chi connectivity index (χ1) is 7.84. The average molecular weight is 241 g/mol. The van der Waals surface area contributed by atoms with Crippen LogP contribution in [0.1, 0.15) is 44.2 Å². The van der Waals surface area contributed by atoms with E-state index in [1.54, 1.807) is 6.26 Å². The van der Waals surface area contributed by atoms with Crippen molar-refractivity contribution in [2.45, 2.75) is 38.6 Å². The highest BCUT2D eigenvalue weighted by Crippen LogP contribution is 2.12. The second-order valence-corrected chi connectivity index (χ2v) is 5.13. The van der Waals surface area contributed by atoms with E-state index in [0.717, 1.165) is 6.54 Å². The fourth-order valence-electron chi connectivity index (χ4n) is 1.68. The van der Waals surface area contributed by atoms with E-state index in [1.165, 1.54) is 37.0 Å². The highest BCUT2D eigenvalue weighted by molar-refractivity contribution is 7.98. The van der Waals surface area contributed by atoms with Crippen molar-refractivity contribution in [3.05, 3.63) is 24.2 Å². The molecule has 0 aliphatic carbocycles. The van der Waals surface area contributed by atoms with E-state index in [2.05, 4.69) is 18.5 Å². The zero-order valence-electron chi connectivity index (χ0n) is 10.4. The minimum Gasteiger partial charge on any atom is -0.472 e. The molecule has 0 saturated carbocycles. The number of furan rings is 1. The fourth-order valence-corrected chi connectivity index (χ4v) is 2.18. The van der Waals surface area contributed by atoms with Gasteiger partial charge >= 0.3 is 0 Å². The Morgan fingerprint density at radius 2 is 2.12 bits per heavy atom. The van der Waals surface area contributed by atoms with Gasteiger partial charge in [-0.15, -0.1) is 0 Å². The molecule has 1 aromatic heterocycles. The van der Waals surface area contributed by atoms with Gasteiger partial charge in [0, 0.05) is 11.6 Å². The van der Waals surface area contributed by atoms with Crippen molar-refractivity contribution in [2.75, 3.05) is 18.6 Å². The number of nitrogens with one attached hydrogen (secondary N) is 1. The second kappa shape index (κ2) is 8.71. The molecule has 92 valence electrons. The monoisotopic (exact) mass is 241 g/mol. The molecule has 0 aliphatic heterocycles. The van der Waals surface area contributed by atoms with Gasteiger partial charge in [-0.05, 0) is 44.4 Å². The summed E-state index contributed by atoms with van der Waals surface area (Å²) in [4.78, 5) is 0. The molecule has 1 atom stereocenters. The van der Waals surface area contributed by atoms with Crippen LogP contribution in [0, 0.1) is 0 Å². The van der Waals surface area contributed by atoms with Crippen LogP contribution in [0.4, 0.5) is 0 Å². The smallest absolute Gasteiger partial charge is 0.0950 e. The Labute approximate surface area is 103 Å². The van der Waals surface area contributed by atoms with Gasteiger partial charge < -0.3 is 9.73 Å². The molecule has 2 nitrogen and oxygen atoms in total. The molecule has 1 rings (SSSR count). The van der Waals surface area contributed by atoms with Gasteiger partial charge in [-0.3, -0.25) is 0 Å². The molecule has 1 N–H and O–H groups in total. The summed E-state index contributed by atoms with van der Waals surface area (Å²) < 4.78 is 5.07. The molecular weight excluding hydrogens is 218 g/mol. The zero-order chi connectivity index (χ0) is 11.6. The quantitative estimate of drug-likeness (QED) is 0.665. The lowest BCUT2D eigenvalue weighted by Crippen LogP contribution is -2.19. The molecule has 0 saturated heterocycles. The number of unbranched alkanes of at least 4 members (excludes halogenated alkanes) is 3. The second-order valence-electron chi connectivity index (χ2n) is 4.14. The lowest BCUT2D eigenvalue weighted by molar-refractivity contribution is 0.522. The summed E-state index contributed by atoms with van der Waals surface area (Å²) in [6, 6.07) is 2.43. The lowest BCUT2D eigenvalue weighted by Gasteiger charge is -2.11. The van der Waals surface area contributed by atoms with E-state index in [0.29, 0.717) is 6.04 Å². The topological polar surface area (TPSA) is 25.2 Å². The SMILES string of the molecule is CSCCCCCCNC(C)c1ccoc1. The van der Waals surface area contributed by atoms with Gasteiger partial charge in [-0.1, -0.05) is 12.8 Å². The summed E-state index contributed by atoms with van der Waals surface area (Å²) in [5.41, 5.74) is 1.24. The summed E-state index contributed by atoms with van der Waals surface area (Å²) in [6.07, 6.45) is 11.1. The average Bonchev–Trinajstić information content (AvgIpc) is 2.81. The van der Waals surface area contributed by atoms with Crippen molar-refractivity contribution in [3.63, 3.8) is 0 Å². The summed E-state index contributed by atoms with van der Waals surface area (Å²) in [5.74, 6) is 1.30. The van der Waals surface area contributed by atoms with E-state index >= 15 is 0 Å². The van der Waals surface area contributed by atoms with Crippen LogP contribution in [0.15, 0.2) is 23.0 Å². The molecule has 1 heterocycles. The first kappa shape index (κ1) is 13.7. The van der Waals surface area contributed by atoms with Gasteiger partial charge in [0.25, 0.3) is 0 Å². The molecule has 1 unspecified atom stereocenters. The number of hydrogen-bond donors (Lipinski definition) is 1. The van der Waals surface area contributed by atoms with Crippen molar-refractivity contribution < 1.29 is 4.42 Å². The summed E-state index contributed by atoms with van der Waals surface area (Å²) in [7, 11) is 0. The normalized spacial score (nSPS) is 12.9. The maximum atomic E-state index is 5.07. The van der Waals surface area contributed by atoms with Crippen LogP contribution >= 0.6 is 11.8 Å². The van der Waals surface area contributed by atoms with E-state index in [-0.39, 0.29) is 0 Å². The standard InChI is InChI=1S/C13H23NOS/c1-12(13-7-9-15-11-13)14-8-5-3-4-6-10-16-2/h7,9,11-12,14H,3-6,8,10H2,1-2H3. The van der Waals surface area contributed by atoms with Crippen molar-refractivity contribution >= 4 is 11.8 Å². The van der Waals surface area contributed by atoms with Crippen LogP contribution in [-0.2, 0) is 0 Å². The molecule has 0 amide bonds. The lowest BCUT2D eigenvalue weighted by atomic mass is 10.1. The van der Waals surface area contributed by atoms with Crippen LogP contribution in [0.3, 0.4) is 0 Å². The Morgan fingerprint density at radius 3 is 2.81 bits per heavy atom. The molecule has 3 heteroatoms. The molecule has 0 aliphatic rings. The molecular formula is C13H23NOS. The highest BCUT2D eigenvalue weighted by atomic mass is 32.2. The first-order valence-electron chi connectivity index (χ1n) is 6.09. The number of rotatable bonds is 9. The highest BCUT2D eigenvalue weighted by Gasteiger charge is 2.04. The van der Waals surface area contributed by atoms with Crippen LogP contribution in [0.5, 0.6) is 0 Å². The maximum absolute atomic E-state index is 5.07. The minimum atomic E-state index is 0.407. The van der Waals surface area contributed by atoms with Crippen LogP contribution in [0.25, 0.3) is 0 Å². The summed E-state index contributed by atoms with van der Waals surface area (Å²) >= 11 is 1.94. The maximum Gasteiger partial charge on any atom is 0.0950 e. The van der Waals surface area contributed by atoms with Crippen LogP contribution in [-0.4, -0.2) is 18.6 Å². The van der Waals surface area contributed by atoms with Crippen molar-refractivity contribution in [1.29, 1.82) is 0 Å². The first-order valence-corrected chi connectivity index (χ1v) is 7.48. The van der Waals surface area contributed by atoms with E-state index in [1.807, 2.05) is 24.1 Å². The van der Waals surface area contributed by atoms with E-state index < -0.39 is 0 Å². The van der Waals surface area contributed by atoms with Crippen LogP contribution in [0.2, 0.25) is 0 Å². The van der Waals surface area contributed by atoms with Crippen molar-refractivity contribution in [2.24, 2.45) is 0 Å². The molecule has 1 aromatic rings. The van der Waals surface area contributed by atoms with Gasteiger partial charge in [-0.25, -0.2) is 0 Å². The molecule has 0 bridgehead atoms. The fraction of sp³-hybridized carbons (Fsp3) is 0.692. The Kier molecular flexibility index (Phi) is 7.43. The molecule has 0 radical (unpaired) electrons. The van der Waals surface area contributed by atoms with E-state index in [9.17, 15) is 0 Å². The summed E-state index contributed by atoms with van der Waals surface area (Å²) in [5, 5.41) is 3.51. The molecule has 16 heavy (non-hydrogen) atoms. The minimum absolute atomic E-state index is 0.407. The third kappa shape index (κ3) is 5.61. The Balaban J connectivity index is 1.95. The molecule has 0 aromatic carbocycles. The zero-order valence-corrected chi connectivity index (χ0v) is 11.2. The van der Waals surface area contributed by atoms with Gasteiger partial charge in [0.1, 0.15) is 0 Å². The number of hydrogen-bond acceptors (Lipinski definition) is 3.